The molecule has 0 aromatic carbocycles. The zero-order valence-electron chi connectivity index (χ0n) is 4.58. The molecule has 1 heteroatoms. The Morgan fingerprint density at radius 3 is 2.29 bits per heavy atom. The van der Waals surface area contributed by atoms with E-state index in [1.165, 1.54) is 12.8 Å². The fourth-order valence-electron chi connectivity index (χ4n) is 0.322. The summed E-state index contributed by atoms with van der Waals surface area (Å²) in [5, 5.41) is 0. The molecule has 0 saturated carbocycles. The number of rotatable bonds is 3. The Bertz CT molecular complexity index is 33.2. The number of allylic oxidation sites excluding steroid dienone is 1. The summed E-state index contributed by atoms with van der Waals surface area (Å²) in [5.74, 6) is 0. The molecule has 0 N–H and O–H groups in total. The summed E-state index contributed by atoms with van der Waals surface area (Å²) in [5.41, 5.74) is 0. The molecule has 0 rings (SSSR count). The van der Waals surface area contributed by atoms with E-state index >= 15 is 0 Å². The molecular weight excluding hydrogens is 136 g/mol. The van der Waals surface area contributed by atoms with Gasteiger partial charge in [-0.2, -0.15) is 0 Å². The maximum atomic E-state index is 5.09. The molecule has 0 atom stereocenters. The van der Waals surface area contributed by atoms with Crippen LogP contribution in [0.1, 0.15) is 26.2 Å². The van der Waals surface area contributed by atoms with Crippen molar-refractivity contribution in [3.8, 4) is 0 Å². The van der Waals surface area contributed by atoms with Crippen molar-refractivity contribution < 1.29 is 17.1 Å². The van der Waals surface area contributed by atoms with Gasteiger partial charge in [0, 0.05) is 0 Å². The molecule has 0 aromatic rings. The second-order valence-electron chi connectivity index (χ2n) is 1.38. The van der Waals surface area contributed by atoms with E-state index in [1.54, 1.807) is 6.08 Å². The fourth-order valence-corrected chi connectivity index (χ4v) is 0.322. The molecule has 0 saturated heterocycles. The molecule has 0 bridgehead atoms. The summed E-state index contributed by atoms with van der Waals surface area (Å²) < 4.78 is 0. The standard InChI is InChI=1S/C6H11.Cu/c1-3-5-6-4-2;/h1,3H,4-6H2,2H3;/q-1;+1. The Kier molecular flexibility index (Phi) is 14.0. The monoisotopic (exact) mass is 146 g/mol. The first-order chi connectivity index (χ1) is 2.91. The summed E-state index contributed by atoms with van der Waals surface area (Å²) in [6, 6.07) is 0. The van der Waals surface area contributed by atoms with E-state index in [0.717, 1.165) is 6.42 Å². The molecule has 0 unspecified atom stereocenters. The van der Waals surface area contributed by atoms with Crippen LogP contribution in [0.2, 0.25) is 0 Å². The summed E-state index contributed by atoms with van der Waals surface area (Å²) >= 11 is 0. The molecule has 0 heterocycles. The van der Waals surface area contributed by atoms with Gasteiger partial charge in [0.2, 0.25) is 0 Å². The van der Waals surface area contributed by atoms with E-state index in [1.807, 2.05) is 0 Å². The van der Waals surface area contributed by atoms with Gasteiger partial charge in [0.25, 0.3) is 0 Å². The van der Waals surface area contributed by atoms with Gasteiger partial charge >= 0.3 is 17.1 Å². The molecule has 0 fully saturated rings. The van der Waals surface area contributed by atoms with E-state index in [4.69, 9.17) is 6.58 Å². The Hall–Kier alpha value is 0.259. The summed E-state index contributed by atoms with van der Waals surface area (Å²) in [4.78, 5) is 0. The third-order valence-electron chi connectivity index (χ3n) is 0.724. The Morgan fingerprint density at radius 1 is 1.57 bits per heavy atom. The van der Waals surface area contributed by atoms with E-state index in [9.17, 15) is 0 Å². The van der Waals surface area contributed by atoms with Gasteiger partial charge in [-0.25, -0.2) is 0 Å². The van der Waals surface area contributed by atoms with Crippen LogP contribution in [0.4, 0.5) is 0 Å². The smallest absolute Gasteiger partial charge is 0.518 e. The SMILES string of the molecule is [CH-]=CCCCC.[Cu+]. The van der Waals surface area contributed by atoms with Crippen molar-refractivity contribution in [2.24, 2.45) is 0 Å². The first-order valence-electron chi connectivity index (χ1n) is 2.45. The van der Waals surface area contributed by atoms with Crippen LogP contribution in [-0.2, 0) is 17.1 Å². The Morgan fingerprint density at radius 2 is 2.14 bits per heavy atom. The first kappa shape index (κ1) is 10.3. The second kappa shape index (κ2) is 9.54. The fraction of sp³-hybridized carbons (Fsp3) is 0.667. The van der Waals surface area contributed by atoms with Crippen molar-refractivity contribution in [2.45, 2.75) is 26.2 Å². The maximum absolute atomic E-state index is 5.09. The van der Waals surface area contributed by atoms with Crippen LogP contribution in [0.5, 0.6) is 0 Å². The molecule has 0 amide bonds. The van der Waals surface area contributed by atoms with Gasteiger partial charge in [-0.05, 0) is 0 Å². The quantitative estimate of drug-likeness (QED) is 0.325. The topological polar surface area (TPSA) is 0 Å². The molecule has 0 aromatic heterocycles. The molecule has 46 valence electrons. The minimum Gasteiger partial charge on any atom is -0.518 e. The van der Waals surface area contributed by atoms with E-state index < -0.39 is 0 Å². The normalized spacial score (nSPS) is 7.00. The van der Waals surface area contributed by atoms with Gasteiger partial charge in [-0.3, -0.25) is 6.08 Å². The zero-order chi connectivity index (χ0) is 4.83. The van der Waals surface area contributed by atoms with Crippen molar-refractivity contribution in [3.63, 3.8) is 0 Å². The van der Waals surface area contributed by atoms with Crippen LogP contribution in [-0.4, -0.2) is 0 Å². The molecule has 0 nitrogen and oxygen atoms in total. The Balaban J connectivity index is 0. The molecule has 0 aliphatic rings. The predicted octanol–water partition coefficient (Wildman–Crippen LogP) is 2.16. The Labute approximate surface area is 56.5 Å². The minimum absolute atomic E-state index is 0. The van der Waals surface area contributed by atoms with Gasteiger partial charge in [-0.15, -0.1) is 0 Å². The van der Waals surface area contributed by atoms with E-state index in [-0.39, 0.29) is 17.1 Å². The third kappa shape index (κ3) is 10.7. The third-order valence-corrected chi connectivity index (χ3v) is 0.724. The van der Waals surface area contributed by atoms with Crippen molar-refractivity contribution in [2.75, 3.05) is 0 Å². The van der Waals surface area contributed by atoms with Crippen LogP contribution in [0.15, 0.2) is 6.08 Å². The van der Waals surface area contributed by atoms with Gasteiger partial charge < -0.3 is 6.58 Å². The second-order valence-corrected chi connectivity index (χ2v) is 1.38. The predicted molar refractivity (Wildman–Crippen MR) is 28.4 cm³/mol. The average Bonchev–Trinajstić information content (AvgIpc) is 1.61. The molecule has 0 aliphatic carbocycles. The number of hydrogen-bond donors (Lipinski definition) is 0. The van der Waals surface area contributed by atoms with Crippen LogP contribution in [0.3, 0.4) is 0 Å². The summed E-state index contributed by atoms with van der Waals surface area (Å²) in [6.45, 7) is 7.25. The average molecular weight is 147 g/mol. The van der Waals surface area contributed by atoms with Gasteiger partial charge in [0.15, 0.2) is 0 Å². The van der Waals surface area contributed by atoms with Crippen LogP contribution in [0, 0.1) is 6.58 Å². The number of hydrogen-bond acceptors (Lipinski definition) is 0. The summed E-state index contributed by atoms with van der Waals surface area (Å²) in [7, 11) is 0. The van der Waals surface area contributed by atoms with Crippen LogP contribution >= 0.6 is 0 Å². The van der Waals surface area contributed by atoms with E-state index in [2.05, 4.69) is 6.92 Å². The summed E-state index contributed by atoms with van der Waals surface area (Å²) in [6.07, 6.45) is 5.25. The number of unbranched alkanes of at least 4 members (excludes halogenated alkanes) is 2. The van der Waals surface area contributed by atoms with Gasteiger partial charge in [-0.1, -0.05) is 26.2 Å². The molecule has 0 aliphatic heterocycles. The zero-order valence-corrected chi connectivity index (χ0v) is 5.52. The van der Waals surface area contributed by atoms with Crippen molar-refractivity contribution in [3.05, 3.63) is 12.7 Å². The maximum Gasteiger partial charge on any atom is 1.00 e. The van der Waals surface area contributed by atoms with Crippen LogP contribution in [0.25, 0.3) is 0 Å². The van der Waals surface area contributed by atoms with E-state index in [0.29, 0.717) is 0 Å². The van der Waals surface area contributed by atoms with Crippen LogP contribution < -0.4 is 0 Å². The molecule has 0 radical (unpaired) electrons. The van der Waals surface area contributed by atoms with Crippen molar-refractivity contribution >= 4 is 0 Å². The van der Waals surface area contributed by atoms with Gasteiger partial charge in [0.1, 0.15) is 0 Å². The van der Waals surface area contributed by atoms with Gasteiger partial charge in [0.05, 0.1) is 0 Å². The minimum atomic E-state index is 0. The van der Waals surface area contributed by atoms with Crippen molar-refractivity contribution in [1.82, 2.24) is 0 Å². The molecular formula is C6H11Cu. The van der Waals surface area contributed by atoms with Crippen molar-refractivity contribution in [1.29, 1.82) is 0 Å². The molecule has 7 heavy (non-hydrogen) atoms. The largest absolute Gasteiger partial charge is 1.00 e. The molecule has 0 spiro atoms. The first-order valence-corrected chi connectivity index (χ1v) is 2.45.